The molecule has 3 aromatic heterocycles. The van der Waals surface area contributed by atoms with Crippen LogP contribution in [0.5, 0.6) is 5.75 Å². The highest BCUT2D eigenvalue weighted by molar-refractivity contribution is 7.17. The van der Waals surface area contributed by atoms with Gasteiger partial charge in [-0.15, -0.1) is 24.5 Å². The third kappa shape index (κ3) is 4.10. The van der Waals surface area contributed by atoms with Crippen LogP contribution in [0.1, 0.15) is 5.89 Å². The topological polar surface area (TPSA) is 92.2 Å². The summed E-state index contributed by atoms with van der Waals surface area (Å²) < 4.78 is 49.0. The van der Waals surface area contributed by atoms with Crippen LogP contribution in [0.15, 0.2) is 80.2 Å². The number of ether oxygens (including phenoxy) is 1. The van der Waals surface area contributed by atoms with Gasteiger partial charge in [-0.05, 0) is 47.8 Å². The largest absolute Gasteiger partial charge is 0.573 e. The lowest BCUT2D eigenvalue weighted by atomic mass is 10.2. The number of halogens is 3. The molecule has 0 saturated heterocycles. The maximum absolute atomic E-state index is 13.3. The van der Waals surface area contributed by atoms with Crippen molar-refractivity contribution >= 4 is 21.6 Å². The molecule has 0 aliphatic rings. The number of thiophene rings is 1. The van der Waals surface area contributed by atoms with E-state index in [1.807, 2.05) is 0 Å². The fraction of sp³-hybridized carbons (Fsp3) is 0.0909. The van der Waals surface area contributed by atoms with Gasteiger partial charge >= 0.3 is 12.1 Å². The Morgan fingerprint density at radius 2 is 1.74 bits per heavy atom. The van der Waals surface area contributed by atoms with Gasteiger partial charge in [0.15, 0.2) is 0 Å². The van der Waals surface area contributed by atoms with E-state index in [-0.39, 0.29) is 24.0 Å². The summed E-state index contributed by atoms with van der Waals surface area (Å²) in [6, 6.07) is 15.2. The summed E-state index contributed by atoms with van der Waals surface area (Å²) in [5.74, 6) is -0.174. The van der Waals surface area contributed by atoms with Crippen LogP contribution in [0.2, 0.25) is 0 Å². The summed E-state index contributed by atoms with van der Waals surface area (Å²) in [6.07, 6.45) is -4.79. The van der Waals surface area contributed by atoms with Crippen molar-refractivity contribution in [3.63, 3.8) is 0 Å². The van der Waals surface area contributed by atoms with Crippen molar-refractivity contribution < 1.29 is 22.4 Å². The fourth-order valence-electron chi connectivity index (χ4n) is 3.42. The standard InChI is InChI=1S/C22H13F3N4O4S/c23-22(24,25)32-15-8-6-13(7-9-15)19-26-17(33-27-19)12-28-16-10-11-34-18(16)20(30)29(21(28)31)14-4-2-1-3-5-14/h1-11H,12H2. The molecule has 0 bridgehead atoms. The molecule has 0 aliphatic carbocycles. The Hall–Kier alpha value is -4.19. The molecule has 0 spiro atoms. The second-order valence-electron chi connectivity index (χ2n) is 7.06. The molecule has 0 fully saturated rings. The SMILES string of the molecule is O=c1c2sccc2n(Cc2nc(-c3ccc(OC(F)(F)F)cc3)no2)c(=O)n1-c1ccccc1. The van der Waals surface area contributed by atoms with Crippen LogP contribution in [0.25, 0.3) is 27.3 Å². The molecule has 5 aromatic rings. The van der Waals surface area contributed by atoms with Crippen LogP contribution in [0.3, 0.4) is 0 Å². The zero-order valence-electron chi connectivity index (χ0n) is 17.0. The molecule has 0 saturated carbocycles. The van der Waals surface area contributed by atoms with Gasteiger partial charge in [0.1, 0.15) is 17.0 Å². The van der Waals surface area contributed by atoms with Crippen LogP contribution >= 0.6 is 11.3 Å². The van der Waals surface area contributed by atoms with Crippen LogP contribution < -0.4 is 16.0 Å². The van der Waals surface area contributed by atoms with Gasteiger partial charge in [-0.1, -0.05) is 23.4 Å². The van der Waals surface area contributed by atoms with Crippen molar-refractivity contribution in [2.24, 2.45) is 0 Å². The van der Waals surface area contributed by atoms with Gasteiger partial charge in [-0.3, -0.25) is 9.36 Å². The molecule has 2 aromatic carbocycles. The molecule has 8 nitrogen and oxygen atoms in total. The Kier molecular flexibility index (Phi) is 5.28. The molecule has 0 unspecified atom stereocenters. The predicted octanol–water partition coefficient (Wildman–Crippen LogP) is 4.21. The molecule has 5 rings (SSSR count). The predicted molar refractivity (Wildman–Crippen MR) is 117 cm³/mol. The summed E-state index contributed by atoms with van der Waals surface area (Å²) in [5.41, 5.74) is 0.252. The summed E-state index contributed by atoms with van der Waals surface area (Å²) in [7, 11) is 0. The minimum atomic E-state index is -4.79. The Balaban J connectivity index is 1.50. The minimum absolute atomic E-state index is 0.0819. The van der Waals surface area contributed by atoms with E-state index in [9.17, 15) is 22.8 Å². The summed E-state index contributed by atoms with van der Waals surface area (Å²) >= 11 is 1.21. The van der Waals surface area contributed by atoms with Crippen LogP contribution in [0, 0.1) is 0 Å². The van der Waals surface area contributed by atoms with E-state index in [4.69, 9.17) is 4.52 Å². The smallest absolute Gasteiger partial charge is 0.406 e. The third-order valence-corrected chi connectivity index (χ3v) is 5.77. The molecular weight excluding hydrogens is 473 g/mol. The van der Waals surface area contributed by atoms with Gasteiger partial charge < -0.3 is 9.26 Å². The van der Waals surface area contributed by atoms with Gasteiger partial charge in [-0.25, -0.2) is 9.36 Å². The van der Waals surface area contributed by atoms with Crippen molar-refractivity contribution in [3.05, 3.63) is 92.8 Å². The van der Waals surface area contributed by atoms with E-state index in [0.717, 1.165) is 16.7 Å². The lowest BCUT2D eigenvalue weighted by Gasteiger charge is -2.10. The Morgan fingerprint density at radius 1 is 1.00 bits per heavy atom. The average molecular weight is 486 g/mol. The molecule has 0 radical (unpaired) electrons. The normalized spacial score (nSPS) is 11.7. The van der Waals surface area contributed by atoms with E-state index in [1.54, 1.807) is 41.8 Å². The zero-order chi connectivity index (χ0) is 23.9. The second-order valence-corrected chi connectivity index (χ2v) is 7.98. The molecule has 12 heteroatoms. The van der Waals surface area contributed by atoms with Crippen LogP contribution in [0.4, 0.5) is 13.2 Å². The van der Waals surface area contributed by atoms with Crippen molar-refractivity contribution in [1.29, 1.82) is 0 Å². The van der Waals surface area contributed by atoms with Gasteiger partial charge in [-0.2, -0.15) is 4.98 Å². The van der Waals surface area contributed by atoms with E-state index >= 15 is 0 Å². The number of nitrogens with zero attached hydrogens (tertiary/aromatic N) is 4. The highest BCUT2D eigenvalue weighted by Crippen LogP contribution is 2.25. The molecule has 0 amide bonds. The Labute approximate surface area is 192 Å². The van der Waals surface area contributed by atoms with E-state index in [1.165, 1.54) is 28.0 Å². The van der Waals surface area contributed by atoms with Crippen molar-refractivity contribution in [2.45, 2.75) is 12.9 Å². The first-order valence-corrected chi connectivity index (χ1v) is 10.7. The maximum atomic E-state index is 13.3. The van der Waals surface area contributed by atoms with E-state index in [2.05, 4.69) is 14.9 Å². The first-order valence-electron chi connectivity index (χ1n) is 9.77. The number of hydrogen-bond acceptors (Lipinski definition) is 7. The number of rotatable bonds is 5. The van der Waals surface area contributed by atoms with E-state index in [0.29, 0.717) is 21.5 Å². The second kappa shape index (κ2) is 8.30. The molecule has 172 valence electrons. The summed E-state index contributed by atoms with van der Waals surface area (Å²) in [4.78, 5) is 30.5. The third-order valence-electron chi connectivity index (χ3n) is 4.88. The number of hydrogen-bond donors (Lipinski definition) is 0. The Bertz CT molecular complexity index is 1590. The lowest BCUT2D eigenvalue weighted by molar-refractivity contribution is -0.274. The number of alkyl halides is 3. The Morgan fingerprint density at radius 3 is 2.44 bits per heavy atom. The molecular formula is C22H13F3N4O4S. The first kappa shape index (κ1) is 21.6. The summed E-state index contributed by atoms with van der Waals surface area (Å²) in [6.45, 7) is -0.110. The van der Waals surface area contributed by atoms with Crippen LogP contribution in [-0.2, 0) is 6.54 Å². The van der Waals surface area contributed by atoms with Crippen molar-refractivity contribution in [1.82, 2.24) is 19.3 Å². The van der Waals surface area contributed by atoms with E-state index < -0.39 is 17.6 Å². The number of benzene rings is 2. The highest BCUT2D eigenvalue weighted by atomic mass is 32.1. The fourth-order valence-corrected chi connectivity index (χ4v) is 4.25. The average Bonchev–Trinajstić information content (AvgIpc) is 3.47. The molecule has 0 N–H and O–H groups in total. The molecule has 3 heterocycles. The van der Waals surface area contributed by atoms with Crippen molar-refractivity contribution in [2.75, 3.05) is 0 Å². The van der Waals surface area contributed by atoms with Crippen LogP contribution in [-0.4, -0.2) is 25.6 Å². The number of fused-ring (bicyclic) bond motifs is 1. The number of para-hydroxylation sites is 1. The molecule has 0 aliphatic heterocycles. The summed E-state index contributed by atoms with van der Waals surface area (Å²) in [5, 5.41) is 5.56. The molecule has 34 heavy (non-hydrogen) atoms. The molecule has 0 atom stereocenters. The minimum Gasteiger partial charge on any atom is -0.406 e. The van der Waals surface area contributed by atoms with Crippen molar-refractivity contribution in [3.8, 4) is 22.8 Å². The highest BCUT2D eigenvalue weighted by Gasteiger charge is 2.31. The monoisotopic (exact) mass is 486 g/mol. The first-order chi connectivity index (χ1) is 16.3. The zero-order valence-corrected chi connectivity index (χ0v) is 17.8. The van der Waals surface area contributed by atoms with Gasteiger partial charge in [0, 0.05) is 5.56 Å². The quantitative estimate of drug-likeness (QED) is 0.370. The number of aromatic nitrogens is 4. The van der Waals surface area contributed by atoms with Gasteiger partial charge in [0.05, 0.1) is 11.2 Å². The lowest BCUT2D eigenvalue weighted by Crippen LogP contribution is -2.38. The maximum Gasteiger partial charge on any atom is 0.573 e. The van der Waals surface area contributed by atoms with Gasteiger partial charge in [0.2, 0.25) is 11.7 Å². The van der Waals surface area contributed by atoms with Gasteiger partial charge in [0.25, 0.3) is 5.56 Å².